The minimum atomic E-state index is -1.29. The molecule has 0 aliphatic heterocycles. The lowest BCUT2D eigenvalue weighted by molar-refractivity contribution is -0.170. The summed E-state index contributed by atoms with van der Waals surface area (Å²) in [6, 6.07) is 0. The summed E-state index contributed by atoms with van der Waals surface area (Å²) >= 11 is 22.4. The molecular formula is C21H32Cl4O8. The van der Waals surface area contributed by atoms with E-state index >= 15 is 0 Å². The Morgan fingerprint density at radius 2 is 0.667 bits per heavy atom. The van der Waals surface area contributed by atoms with Crippen LogP contribution in [-0.2, 0) is 38.1 Å². The fourth-order valence-corrected chi connectivity index (χ4v) is 2.85. The molecule has 0 rings (SSSR count). The van der Waals surface area contributed by atoms with Gasteiger partial charge in [-0.15, -0.1) is 46.4 Å². The maximum atomic E-state index is 12.0. The van der Waals surface area contributed by atoms with E-state index in [2.05, 4.69) is 0 Å². The average Bonchev–Trinajstić information content (AvgIpc) is 2.82. The monoisotopic (exact) mass is 552 g/mol. The molecule has 0 saturated carbocycles. The Bertz CT molecular complexity index is 487. The Morgan fingerprint density at radius 3 is 0.848 bits per heavy atom. The van der Waals surface area contributed by atoms with Gasteiger partial charge >= 0.3 is 23.9 Å². The lowest BCUT2D eigenvalue weighted by atomic mass is 9.92. The van der Waals surface area contributed by atoms with Gasteiger partial charge in [0.05, 0.1) is 0 Å². The smallest absolute Gasteiger partial charge is 0.305 e. The highest BCUT2D eigenvalue weighted by molar-refractivity contribution is 6.18. The number of hydrogen-bond acceptors (Lipinski definition) is 8. The second-order valence-electron chi connectivity index (χ2n) is 7.31. The molecule has 192 valence electrons. The van der Waals surface area contributed by atoms with Crippen LogP contribution in [0.15, 0.2) is 0 Å². The highest BCUT2D eigenvalue weighted by Gasteiger charge is 2.37. The van der Waals surface area contributed by atoms with Crippen molar-refractivity contribution in [2.45, 2.75) is 51.4 Å². The van der Waals surface area contributed by atoms with E-state index < -0.39 is 29.3 Å². The predicted octanol–water partition coefficient (Wildman–Crippen LogP) is 4.22. The van der Waals surface area contributed by atoms with Crippen LogP contribution < -0.4 is 0 Å². The minimum absolute atomic E-state index is 0.0834. The highest BCUT2D eigenvalue weighted by Crippen LogP contribution is 2.23. The summed E-state index contributed by atoms with van der Waals surface area (Å²) in [4.78, 5) is 48.2. The molecule has 0 amide bonds. The fraction of sp³-hybridized carbons (Fsp3) is 0.810. The quantitative estimate of drug-likeness (QED) is 0.125. The van der Waals surface area contributed by atoms with Crippen molar-refractivity contribution in [2.75, 3.05) is 49.9 Å². The van der Waals surface area contributed by atoms with Gasteiger partial charge in [0, 0.05) is 49.2 Å². The lowest BCUT2D eigenvalue weighted by Gasteiger charge is -2.31. The number of carbonyl (C=O) groups excluding carboxylic acids is 4. The SMILES string of the molecule is O=C(CCCCl)OCC(COC(=O)CCCCl)(COC(=O)CCCCl)COC(=O)CCCCl. The third-order valence-corrected chi connectivity index (χ3v) is 5.28. The molecule has 0 unspecified atom stereocenters. The largest absolute Gasteiger partial charge is 0.465 e. The first-order valence-corrected chi connectivity index (χ1v) is 12.8. The summed E-state index contributed by atoms with van der Waals surface area (Å²) < 4.78 is 21.3. The van der Waals surface area contributed by atoms with Crippen molar-refractivity contribution in [1.29, 1.82) is 0 Å². The molecule has 0 spiro atoms. The van der Waals surface area contributed by atoms with Crippen LogP contribution >= 0.6 is 46.4 Å². The van der Waals surface area contributed by atoms with Gasteiger partial charge in [-0.2, -0.15) is 0 Å². The lowest BCUT2D eigenvalue weighted by Crippen LogP contribution is -2.44. The van der Waals surface area contributed by atoms with Gasteiger partial charge in [0.1, 0.15) is 31.8 Å². The normalized spacial score (nSPS) is 11.0. The maximum Gasteiger partial charge on any atom is 0.305 e. The Morgan fingerprint density at radius 1 is 0.455 bits per heavy atom. The van der Waals surface area contributed by atoms with Gasteiger partial charge in [0.15, 0.2) is 0 Å². The Kier molecular flexibility index (Phi) is 19.8. The van der Waals surface area contributed by atoms with E-state index in [1.54, 1.807) is 0 Å². The van der Waals surface area contributed by atoms with Gasteiger partial charge in [-0.25, -0.2) is 0 Å². The number of rotatable bonds is 20. The van der Waals surface area contributed by atoms with Crippen molar-refractivity contribution in [2.24, 2.45) is 5.41 Å². The first-order chi connectivity index (χ1) is 15.8. The van der Waals surface area contributed by atoms with Crippen molar-refractivity contribution in [1.82, 2.24) is 0 Å². The summed E-state index contributed by atoms with van der Waals surface area (Å²) in [5.74, 6) is -0.982. The molecule has 0 aromatic heterocycles. The van der Waals surface area contributed by atoms with E-state index in [1.807, 2.05) is 0 Å². The molecule has 0 aromatic carbocycles. The molecule has 0 heterocycles. The molecule has 0 aromatic rings. The maximum absolute atomic E-state index is 12.0. The van der Waals surface area contributed by atoms with Crippen LogP contribution in [0.1, 0.15) is 51.4 Å². The van der Waals surface area contributed by atoms with Gasteiger partial charge in [0.2, 0.25) is 0 Å². The summed E-state index contributed by atoms with van der Waals surface area (Å²) in [6.45, 7) is -1.21. The van der Waals surface area contributed by atoms with Gasteiger partial charge in [-0.3, -0.25) is 19.2 Å². The molecule has 0 radical (unpaired) electrons. The van der Waals surface area contributed by atoms with Crippen LogP contribution in [0.3, 0.4) is 0 Å². The molecule has 0 aliphatic rings. The van der Waals surface area contributed by atoms with Crippen LogP contribution in [-0.4, -0.2) is 73.8 Å². The predicted molar refractivity (Wildman–Crippen MR) is 126 cm³/mol. The summed E-state index contributed by atoms with van der Waals surface area (Å²) in [5, 5.41) is 0. The number of halogens is 4. The molecule has 33 heavy (non-hydrogen) atoms. The van der Waals surface area contributed by atoms with Crippen molar-refractivity contribution in [3.63, 3.8) is 0 Å². The van der Waals surface area contributed by atoms with Crippen LogP contribution in [0, 0.1) is 5.41 Å². The molecule has 0 aliphatic carbocycles. The number of carbonyl (C=O) groups is 4. The second kappa shape index (κ2) is 20.4. The molecule has 0 fully saturated rings. The van der Waals surface area contributed by atoms with Crippen LogP contribution in [0.4, 0.5) is 0 Å². The molecule has 8 nitrogen and oxygen atoms in total. The van der Waals surface area contributed by atoms with E-state index in [0.29, 0.717) is 25.7 Å². The van der Waals surface area contributed by atoms with Crippen LogP contribution in [0.25, 0.3) is 0 Å². The average molecular weight is 554 g/mol. The first-order valence-electron chi connectivity index (χ1n) is 10.7. The van der Waals surface area contributed by atoms with E-state index in [4.69, 9.17) is 65.4 Å². The van der Waals surface area contributed by atoms with Gasteiger partial charge in [0.25, 0.3) is 0 Å². The number of ether oxygens (including phenoxy) is 4. The van der Waals surface area contributed by atoms with Crippen molar-refractivity contribution < 1.29 is 38.1 Å². The summed E-state index contributed by atoms with van der Waals surface area (Å²) in [5.41, 5.74) is -1.29. The van der Waals surface area contributed by atoms with Crippen molar-refractivity contribution in [3.05, 3.63) is 0 Å². The first kappa shape index (κ1) is 32.0. The van der Waals surface area contributed by atoms with E-state index in [-0.39, 0.29) is 75.6 Å². The third-order valence-electron chi connectivity index (χ3n) is 4.22. The van der Waals surface area contributed by atoms with Crippen LogP contribution in [0.2, 0.25) is 0 Å². The minimum Gasteiger partial charge on any atom is -0.465 e. The number of esters is 4. The van der Waals surface area contributed by atoms with Gasteiger partial charge < -0.3 is 18.9 Å². The molecule has 0 saturated heterocycles. The summed E-state index contributed by atoms with van der Waals surface area (Å²) in [6.07, 6.45) is 2.01. The van der Waals surface area contributed by atoms with E-state index in [1.165, 1.54) is 0 Å². The van der Waals surface area contributed by atoms with Crippen molar-refractivity contribution in [3.8, 4) is 0 Å². The third kappa shape index (κ3) is 17.2. The van der Waals surface area contributed by atoms with E-state index in [9.17, 15) is 19.2 Å². The number of hydrogen-bond donors (Lipinski definition) is 0. The molecular weight excluding hydrogens is 522 g/mol. The molecule has 0 N–H and O–H groups in total. The van der Waals surface area contributed by atoms with Gasteiger partial charge in [-0.1, -0.05) is 0 Å². The van der Waals surface area contributed by atoms with Crippen LogP contribution in [0.5, 0.6) is 0 Å². The zero-order valence-corrected chi connectivity index (χ0v) is 21.6. The second-order valence-corrected chi connectivity index (χ2v) is 8.82. The zero-order valence-electron chi connectivity index (χ0n) is 18.6. The molecule has 12 heteroatoms. The highest BCUT2D eigenvalue weighted by atomic mass is 35.5. The molecule has 0 atom stereocenters. The number of alkyl halides is 4. The molecule has 0 bridgehead atoms. The fourth-order valence-electron chi connectivity index (χ4n) is 2.32. The Balaban J connectivity index is 5.42. The standard InChI is InChI=1S/C21H32Cl4O8/c22-9-1-5-17(26)30-13-21(14-31-18(27)6-2-10-23,15-32-19(28)7-3-11-24)16-33-20(29)8-4-12-25/h1-16H2. The Hall–Kier alpha value is -0.960. The van der Waals surface area contributed by atoms with Gasteiger partial charge in [-0.05, 0) is 25.7 Å². The van der Waals surface area contributed by atoms with Crippen molar-refractivity contribution >= 4 is 70.3 Å². The summed E-state index contributed by atoms with van der Waals surface area (Å²) in [7, 11) is 0. The Labute approximate surface area is 214 Å². The van der Waals surface area contributed by atoms with E-state index in [0.717, 1.165) is 0 Å². The zero-order chi connectivity index (χ0) is 25.0. The topological polar surface area (TPSA) is 105 Å².